The minimum Gasteiger partial charge on any atom is -0.491 e. The van der Waals surface area contributed by atoms with E-state index >= 15 is 0 Å². The molecule has 0 bridgehead atoms. The van der Waals surface area contributed by atoms with Gasteiger partial charge in [-0.15, -0.1) is 0 Å². The van der Waals surface area contributed by atoms with Crippen molar-refractivity contribution in [3.05, 3.63) is 82.9 Å². The topological polar surface area (TPSA) is 59.4 Å². The first-order valence-electron chi connectivity index (χ1n) is 10.2. The summed E-state index contributed by atoms with van der Waals surface area (Å²) < 4.78 is 34.7. The number of halogens is 2. The first-order chi connectivity index (χ1) is 15.0. The summed E-state index contributed by atoms with van der Waals surface area (Å²) in [4.78, 5) is 19.3. The molecule has 1 aromatic heterocycles. The van der Waals surface area contributed by atoms with Gasteiger partial charge in [0.15, 0.2) is 11.6 Å². The Morgan fingerprint density at radius 3 is 2.87 bits per heavy atom. The first kappa shape index (κ1) is 19.7. The maximum atomic E-state index is 13.7. The Morgan fingerprint density at radius 1 is 1.19 bits per heavy atom. The molecule has 2 aliphatic heterocycles. The number of para-hydroxylation sites is 1. The molecule has 3 aromatic rings. The van der Waals surface area contributed by atoms with Gasteiger partial charge in [0.1, 0.15) is 23.9 Å². The molecular formula is C23H22F2N4O2. The van der Waals surface area contributed by atoms with Crippen LogP contribution in [0.4, 0.5) is 8.78 Å². The molecule has 2 unspecified atom stereocenters. The second kappa shape index (κ2) is 7.77. The molecule has 160 valence electrons. The summed E-state index contributed by atoms with van der Waals surface area (Å²) in [6.45, 7) is 1.41. The Hall–Kier alpha value is -3.26. The Bertz CT molecular complexity index is 1150. The van der Waals surface area contributed by atoms with Gasteiger partial charge in [0.25, 0.3) is 5.91 Å². The second-order valence-corrected chi connectivity index (χ2v) is 8.09. The highest BCUT2D eigenvalue weighted by atomic mass is 19.2. The third-order valence-corrected chi connectivity index (χ3v) is 5.93. The normalized spacial score (nSPS) is 20.5. The maximum Gasteiger partial charge on any atom is 0.271 e. The monoisotopic (exact) mass is 424 g/mol. The van der Waals surface area contributed by atoms with Crippen LogP contribution in [0.25, 0.3) is 0 Å². The molecule has 0 saturated carbocycles. The number of nitrogens with zero attached hydrogens (tertiary/aromatic N) is 3. The van der Waals surface area contributed by atoms with Crippen molar-refractivity contribution in [2.45, 2.75) is 31.6 Å². The highest BCUT2D eigenvalue weighted by molar-refractivity contribution is 5.92. The van der Waals surface area contributed by atoms with Crippen LogP contribution in [-0.2, 0) is 19.5 Å². The van der Waals surface area contributed by atoms with E-state index in [2.05, 4.69) is 10.3 Å². The zero-order valence-corrected chi connectivity index (χ0v) is 17.0. The van der Waals surface area contributed by atoms with Crippen molar-refractivity contribution in [2.24, 2.45) is 0 Å². The molecule has 1 N–H and O–H groups in total. The van der Waals surface area contributed by atoms with Crippen molar-refractivity contribution < 1.29 is 18.3 Å². The standard InChI is InChI=1S/C23H22F2N4O2/c1-28-12-22-27-19(10-29(22)11-20(28)14-6-7-17(24)18(25)9-14)23(30)26-16-8-15-4-2-3-5-21(15)31-13-16/h2-7,9-10,16,20H,8,11-13H2,1H3,(H,26,30). The molecule has 0 radical (unpaired) electrons. The van der Waals surface area contributed by atoms with Crippen molar-refractivity contribution in [3.63, 3.8) is 0 Å². The summed E-state index contributed by atoms with van der Waals surface area (Å²) in [5.74, 6) is -0.354. The van der Waals surface area contributed by atoms with Crippen molar-refractivity contribution >= 4 is 5.91 Å². The summed E-state index contributed by atoms with van der Waals surface area (Å²) >= 11 is 0. The van der Waals surface area contributed by atoms with Gasteiger partial charge in [0, 0.05) is 12.7 Å². The molecule has 5 rings (SSSR count). The van der Waals surface area contributed by atoms with Crippen LogP contribution in [0.2, 0.25) is 0 Å². The Balaban J connectivity index is 1.30. The highest BCUT2D eigenvalue weighted by Gasteiger charge is 2.29. The van der Waals surface area contributed by atoms with Gasteiger partial charge >= 0.3 is 0 Å². The first-order valence-corrected chi connectivity index (χ1v) is 10.2. The number of carbonyl (C=O) groups is 1. The molecule has 8 heteroatoms. The number of aromatic nitrogens is 2. The predicted molar refractivity (Wildman–Crippen MR) is 110 cm³/mol. The maximum absolute atomic E-state index is 13.7. The number of ether oxygens (including phenoxy) is 1. The molecule has 0 fully saturated rings. The van der Waals surface area contributed by atoms with Gasteiger partial charge in [-0.05, 0) is 42.8 Å². The molecule has 2 atom stereocenters. The summed E-state index contributed by atoms with van der Waals surface area (Å²) in [5.41, 5.74) is 2.09. The largest absolute Gasteiger partial charge is 0.491 e. The van der Waals surface area contributed by atoms with E-state index in [4.69, 9.17) is 4.74 Å². The van der Waals surface area contributed by atoms with Crippen LogP contribution in [-0.4, -0.2) is 40.1 Å². The van der Waals surface area contributed by atoms with Gasteiger partial charge < -0.3 is 14.6 Å². The number of benzene rings is 2. The summed E-state index contributed by atoms with van der Waals surface area (Å²) in [6, 6.07) is 11.5. The zero-order chi connectivity index (χ0) is 21.5. The number of hydrogen-bond acceptors (Lipinski definition) is 4. The smallest absolute Gasteiger partial charge is 0.271 e. The van der Waals surface area contributed by atoms with E-state index in [1.807, 2.05) is 40.8 Å². The molecule has 2 aromatic carbocycles. The van der Waals surface area contributed by atoms with Crippen LogP contribution in [0.3, 0.4) is 0 Å². The Morgan fingerprint density at radius 2 is 2.03 bits per heavy atom. The third-order valence-electron chi connectivity index (χ3n) is 5.93. The van der Waals surface area contributed by atoms with Crippen LogP contribution in [0.5, 0.6) is 5.75 Å². The lowest BCUT2D eigenvalue weighted by Gasteiger charge is -2.33. The Kier molecular flexibility index (Phi) is 4.94. The minimum absolute atomic E-state index is 0.126. The quantitative estimate of drug-likeness (QED) is 0.702. The lowest BCUT2D eigenvalue weighted by Crippen LogP contribution is -2.42. The lowest BCUT2D eigenvalue weighted by molar-refractivity contribution is 0.0910. The van der Waals surface area contributed by atoms with E-state index in [-0.39, 0.29) is 18.0 Å². The van der Waals surface area contributed by atoms with Gasteiger partial charge in [-0.1, -0.05) is 24.3 Å². The lowest BCUT2D eigenvalue weighted by atomic mass is 10.0. The number of imidazole rings is 1. The number of fused-ring (bicyclic) bond motifs is 2. The molecule has 1 amide bonds. The van der Waals surface area contributed by atoms with Gasteiger partial charge in [-0.3, -0.25) is 9.69 Å². The van der Waals surface area contributed by atoms with Crippen LogP contribution >= 0.6 is 0 Å². The van der Waals surface area contributed by atoms with Crippen molar-refractivity contribution in [1.29, 1.82) is 0 Å². The summed E-state index contributed by atoms with van der Waals surface area (Å²) in [7, 11) is 1.90. The average Bonchev–Trinajstić information content (AvgIpc) is 3.18. The van der Waals surface area contributed by atoms with E-state index in [1.54, 1.807) is 12.3 Å². The third kappa shape index (κ3) is 3.79. The number of amides is 1. The molecular weight excluding hydrogens is 402 g/mol. The van der Waals surface area contributed by atoms with Crippen molar-refractivity contribution in [2.75, 3.05) is 13.7 Å². The molecule has 0 aliphatic carbocycles. The number of rotatable bonds is 3. The average molecular weight is 424 g/mol. The number of likely N-dealkylation sites (N-methyl/N-ethyl adjacent to an activating group) is 1. The van der Waals surface area contributed by atoms with Crippen LogP contribution in [0, 0.1) is 11.6 Å². The number of carbonyl (C=O) groups excluding carboxylic acids is 1. The summed E-state index contributed by atoms with van der Waals surface area (Å²) in [6.07, 6.45) is 2.43. The van der Waals surface area contributed by atoms with Crippen LogP contribution < -0.4 is 10.1 Å². The molecule has 0 saturated heterocycles. The fourth-order valence-electron chi connectivity index (χ4n) is 4.27. The molecule has 3 heterocycles. The van der Waals surface area contributed by atoms with Crippen molar-refractivity contribution in [1.82, 2.24) is 19.8 Å². The zero-order valence-electron chi connectivity index (χ0n) is 17.0. The van der Waals surface area contributed by atoms with Crippen LogP contribution in [0.15, 0.2) is 48.7 Å². The predicted octanol–water partition coefficient (Wildman–Crippen LogP) is 3.08. The van der Waals surface area contributed by atoms with Gasteiger partial charge in [-0.2, -0.15) is 0 Å². The van der Waals surface area contributed by atoms with Gasteiger partial charge in [0.05, 0.1) is 18.6 Å². The molecule has 0 spiro atoms. The highest BCUT2D eigenvalue weighted by Crippen LogP contribution is 2.29. The SMILES string of the molecule is CN1Cc2nc(C(=O)NC3COc4ccccc4C3)cn2CC1c1ccc(F)c(F)c1. The Labute approximate surface area is 178 Å². The van der Waals surface area contributed by atoms with Gasteiger partial charge in [-0.25, -0.2) is 13.8 Å². The van der Waals surface area contributed by atoms with Gasteiger partial charge in [0.2, 0.25) is 0 Å². The van der Waals surface area contributed by atoms with Crippen LogP contribution in [0.1, 0.15) is 33.5 Å². The number of nitrogens with one attached hydrogen (secondary N) is 1. The number of hydrogen-bond donors (Lipinski definition) is 1. The fourth-order valence-corrected chi connectivity index (χ4v) is 4.27. The fraction of sp³-hybridized carbons (Fsp3) is 0.304. The van der Waals surface area contributed by atoms with E-state index < -0.39 is 11.6 Å². The van der Waals surface area contributed by atoms with E-state index in [0.29, 0.717) is 37.4 Å². The van der Waals surface area contributed by atoms with E-state index in [0.717, 1.165) is 23.2 Å². The molecule has 31 heavy (non-hydrogen) atoms. The molecule has 6 nitrogen and oxygen atoms in total. The van der Waals surface area contributed by atoms with E-state index in [1.165, 1.54) is 6.07 Å². The minimum atomic E-state index is -0.862. The molecule has 2 aliphatic rings. The summed E-state index contributed by atoms with van der Waals surface area (Å²) in [5, 5.41) is 3.01. The van der Waals surface area contributed by atoms with Crippen molar-refractivity contribution in [3.8, 4) is 5.75 Å². The van der Waals surface area contributed by atoms with E-state index in [9.17, 15) is 13.6 Å². The second-order valence-electron chi connectivity index (χ2n) is 8.09.